The summed E-state index contributed by atoms with van der Waals surface area (Å²) in [7, 11) is 0. The highest BCUT2D eigenvalue weighted by Crippen LogP contribution is 2.13. The molecule has 0 unspecified atom stereocenters. The second kappa shape index (κ2) is 5.60. The van der Waals surface area contributed by atoms with Gasteiger partial charge in [0.25, 0.3) is 5.56 Å². The number of nitrogens with zero attached hydrogens (tertiary/aromatic N) is 2. The fraction of sp³-hybridized carbons (Fsp3) is 0.154. The summed E-state index contributed by atoms with van der Waals surface area (Å²) in [5, 5.41) is 3.82. The first kappa shape index (κ1) is 13.9. The molecule has 0 radical (unpaired) electrons. The lowest BCUT2D eigenvalue weighted by Crippen LogP contribution is -2.12. The van der Waals surface area contributed by atoms with Gasteiger partial charge in [-0.2, -0.15) is 5.10 Å². The third-order valence-electron chi connectivity index (χ3n) is 2.52. The van der Waals surface area contributed by atoms with Gasteiger partial charge in [0.05, 0.1) is 11.3 Å². The number of benzene rings is 1. The SMILES string of the molecule is C/C(=N/Nc1nc(C)cc(=O)[nH]1)c1c(F)cccc1F. The van der Waals surface area contributed by atoms with Gasteiger partial charge in [0.1, 0.15) is 11.6 Å². The average Bonchev–Trinajstić information content (AvgIpc) is 2.35. The molecule has 1 aromatic carbocycles. The Bertz CT molecular complexity index is 704. The molecule has 0 atom stereocenters. The zero-order valence-corrected chi connectivity index (χ0v) is 10.9. The van der Waals surface area contributed by atoms with E-state index in [-0.39, 0.29) is 22.8 Å². The molecular weight excluding hydrogens is 266 g/mol. The summed E-state index contributed by atoms with van der Waals surface area (Å²) in [6.45, 7) is 3.09. The number of halogens is 2. The van der Waals surface area contributed by atoms with Gasteiger partial charge in [-0.25, -0.2) is 19.2 Å². The van der Waals surface area contributed by atoms with Crippen LogP contribution >= 0.6 is 0 Å². The lowest BCUT2D eigenvalue weighted by atomic mass is 10.1. The van der Waals surface area contributed by atoms with Gasteiger partial charge in [-0.15, -0.1) is 0 Å². The number of hydrogen-bond donors (Lipinski definition) is 2. The van der Waals surface area contributed by atoms with Crippen LogP contribution < -0.4 is 11.0 Å². The Kier molecular flexibility index (Phi) is 3.88. The minimum atomic E-state index is -0.709. The smallest absolute Gasteiger partial charge is 0.252 e. The molecule has 1 heterocycles. The number of nitrogens with one attached hydrogen (secondary N) is 2. The van der Waals surface area contributed by atoms with Crippen molar-refractivity contribution in [3.63, 3.8) is 0 Å². The van der Waals surface area contributed by atoms with E-state index in [4.69, 9.17) is 0 Å². The predicted octanol–water partition coefficient (Wildman–Crippen LogP) is 2.19. The minimum Gasteiger partial charge on any atom is -0.291 e. The van der Waals surface area contributed by atoms with Crippen LogP contribution in [-0.2, 0) is 0 Å². The lowest BCUT2D eigenvalue weighted by Gasteiger charge is -2.05. The first-order valence-corrected chi connectivity index (χ1v) is 5.80. The summed E-state index contributed by atoms with van der Waals surface area (Å²) in [5.74, 6) is -1.32. The van der Waals surface area contributed by atoms with Crippen molar-refractivity contribution in [2.24, 2.45) is 5.10 Å². The molecule has 0 bridgehead atoms. The number of aryl methyl sites for hydroxylation is 1. The Hall–Kier alpha value is -2.57. The van der Waals surface area contributed by atoms with Gasteiger partial charge in [0.2, 0.25) is 5.95 Å². The standard InChI is InChI=1S/C13H12F2N4O/c1-7-6-11(20)17-13(16-7)19-18-8(2)12-9(14)4-3-5-10(12)15/h3-6H,1-2H3,(H2,16,17,19,20)/b18-8-. The fourth-order valence-corrected chi connectivity index (χ4v) is 1.67. The summed E-state index contributed by atoms with van der Waals surface area (Å²) in [6, 6.07) is 4.88. The maximum atomic E-state index is 13.5. The monoisotopic (exact) mass is 278 g/mol. The molecule has 1 aromatic heterocycles. The van der Waals surface area contributed by atoms with Crippen molar-refractivity contribution in [3.05, 3.63) is 57.5 Å². The molecule has 2 N–H and O–H groups in total. The summed E-state index contributed by atoms with van der Waals surface area (Å²) in [4.78, 5) is 17.6. The van der Waals surface area contributed by atoms with E-state index in [1.165, 1.54) is 19.1 Å². The van der Waals surface area contributed by atoms with Gasteiger partial charge < -0.3 is 0 Å². The highest BCUT2D eigenvalue weighted by Gasteiger charge is 2.11. The zero-order chi connectivity index (χ0) is 14.7. The largest absolute Gasteiger partial charge is 0.291 e. The van der Waals surface area contributed by atoms with E-state index in [1.54, 1.807) is 6.92 Å². The van der Waals surface area contributed by atoms with E-state index in [1.807, 2.05) is 0 Å². The third-order valence-corrected chi connectivity index (χ3v) is 2.52. The fourth-order valence-electron chi connectivity index (χ4n) is 1.67. The van der Waals surface area contributed by atoms with Crippen LogP contribution in [-0.4, -0.2) is 15.7 Å². The zero-order valence-electron chi connectivity index (χ0n) is 10.9. The molecule has 0 saturated carbocycles. The van der Waals surface area contributed by atoms with Gasteiger partial charge >= 0.3 is 0 Å². The van der Waals surface area contributed by atoms with Crippen LogP contribution in [0.1, 0.15) is 18.2 Å². The molecule has 7 heteroatoms. The van der Waals surface area contributed by atoms with E-state index in [0.29, 0.717) is 5.69 Å². The normalized spacial score (nSPS) is 11.5. The second-order valence-corrected chi connectivity index (χ2v) is 4.14. The highest BCUT2D eigenvalue weighted by atomic mass is 19.1. The number of aromatic amines is 1. The second-order valence-electron chi connectivity index (χ2n) is 4.14. The van der Waals surface area contributed by atoms with Crippen molar-refractivity contribution in [1.82, 2.24) is 9.97 Å². The summed E-state index contributed by atoms with van der Waals surface area (Å²) in [5.41, 5.74) is 2.50. The molecule has 104 valence electrons. The molecule has 2 rings (SSSR count). The molecule has 2 aromatic rings. The molecular formula is C13H12F2N4O. The van der Waals surface area contributed by atoms with Gasteiger partial charge in [-0.05, 0) is 26.0 Å². The molecule has 0 amide bonds. The Balaban J connectivity index is 2.29. The molecule has 0 aliphatic carbocycles. The van der Waals surface area contributed by atoms with E-state index in [9.17, 15) is 13.6 Å². The van der Waals surface area contributed by atoms with Crippen LogP contribution in [0.25, 0.3) is 0 Å². The van der Waals surface area contributed by atoms with Crippen molar-refractivity contribution in [1.29, 1.82) is 0 Å². The first-order valence-electron chi connectivity index (χ1n) is 5.80. The van der Waals surface area contributed by atoms with Crippen LogP contribution in [0.4, 0.5) is 14.7 Å². The van der Waals surface area contributed by atoms with Gasteiger partial charge in [-0.3, -0.25) is 9.78 Å². The molecule has 0 fully saturated rings. The first-order chi connectivity index (χ1) is 9.47. The Labute approximate surface area is 113 Å². The Morgan fingerprint density at radius 3 is 2.60 bits per heavy atom. The molecule has 0 saturated heterocycles. The van der Waals surface area contributed by atoms with E-state index >= 15 is 0 Å². The number of anilines is 1. The molecule has 20 heavy (non-hydrogen) atoms. The summed E-state index contributed by atoms with van der Waals surface area (Å²) < 4.78 is 27.1. The van der Waals surface area contributed by atoms with Crippen LogP contribution in [0, 0.1) is 18.6 Å². The summed E-state index contributed by atoms with van der Waals surface area (Å²) in [6.07, 6.45) is 0. The molecule has 0 aliphatic rings. The maximum absolute atomic E-state index is 13.5. The Morgan fingerprint density at radius 2 is 2.00 bits per heavy atom. The van der Waals surface area contributed by atoms with Crippen molar-refractivity contribution >= 4 is 11.7 Å². The van der Waals surface area contributed by atoms with Crippen molar-refractivity contribution in [2.45, 2.75) is 13.8 Å². The molecule has 0 spiro atoms. The lowest BCUT2D eigenvalue weighted by molar-refractivity contribution is 0.579. The molecule has 5 nitrogen and oxygen atoms in total. The van der Waals surface area contributed by atoms with Gasteiger partial charge in [0.15, 0.2) is 0 Å². The minimum absolute atomic E-state index is 0.102. The van der Waals surface area contributed by atoms with E-state index < -0.39 is 11.6 Å². The number of rotatable bonds is 3. The van der Waals surface area contributed by atoms with E-state index in [2.05, 4.69) is 20.5 Å². The van der Waals surface area contributed by atoms with Gasteiger partial charge in [0, 0.05) is 11.8 Å². The number of aromatic nitrogens is 2. The quantitative estimate of drug-likeness (QED) is 0.668. The van der Waals surface area contributed by atoms with Crippen molar-refractivity contribution in [3.8, 4) is 0 Å². The number of H-pyrrole nitrogens is 1. The van der Waals surface area contributed by atoms with Crippen LogP contribution in [0.2, 0.25) is 0 Å². The van der Waals surface area contributed by atoms with Crippen molar-refractivity contribution in [2.75, 3.05) is 5.43 Å². The van der Waals surface area contributed by atoms with Gasteiger partial charge in [-0.1, -0.05) is 6.07 Å². The highest BCUT2D eigenvalue weighted by molar-refractivity contribution is 5.99. The topological polar surface area (TPSA) is 70.1 Å². The van der Waals surface area contributed by atoms with Crippen LogP contribution in [0.15, 0.2) is 34.2 Å². The molecule has 0 aliphatic heterocycles. The number of hydrogen-bond acceptors (Lipinski definition) is 4. The van der Waals surface area contributed by atoms with E-state index in [0.717, 1.165) is 12.1 Å². The summed E-state index contributed by atoms with van der Waals surface area (Å²) >= 11 is 0. The van der Waals surface area contributed by atoms with Crippen LogP contribution in [0.5, 0.6) is 0 Å². The maximum Gasteiger partial charge on any atom is 0.252 e. The Morgan fingerprint density at radius 1 is 1.35 bits per heavy atom. The number of hydrazone groups is 1. The van der Waals surface area contributed by atoms with Crippen LogP contribution in [0.3, 0.4) is 0 Å². The third kappa shape index (κ3) is 3.05. The predicted molar refractivity (Wildman–Crippen MR) is 71.8 cm³/mol. The average molecular weight is 278 g/mol. The van der Waals surface area contributed by atoms with Crippen molar-refractivity contribution < 1.29 is 8.78 Å².